The van der Waals surface area contributed by atoms with Crippen LogP contribution in [0.15, 0.2) is 48.5 Å². The van der Waals surface area contributed by atoms with Crippen molar-refractivity contribution in [3.63, 3.8) is 0 Å². The van der Waals surface area contributed by atoms with E-state index >= 15 is 0 Å². The number of amides is 2. The first-order valence-corrected chi connectivity index (χ1v) is 16.4. The Balaban J connectivity index is 1.37. The number of methoxy groups -OCH3 is 2. The first-order valence-electron chi connectivity index (χ1n) is 16.4. The van der Waals surface area contributed by atoms with E-state index in [0.29, 0.717) is 24.6 Å². The number of tetrazole rings is 1. The molecular weight excluding hydrogens is 650 g/mol. The number of nitrogens with zero attached hydrogens (tertiary/aromatic N) is 4. The molecule has 6 unspecified atom stereocenters. The Hall–Kier alpha value is -4.64. The molecular formula is C34H45N7O9. The van der Waals surface area contributed by atoms with Gasteiger partial charge in [0.1, 0.15) is 17.8 Å². The van der Waals surface area contributed by atoms with Crippen LogP contribution in [0.1, 0.15) is 38.3 Å². The van der Waals surface area contributed by atoms with Gasteiger partial charge in [0, 0.05) is 18.7 Å². The number of aromatic amines is 1. The van der Waals surface area contributed by atoms with E-state index in [4.69, 9.17) is 23.7 Å². The van der Waals surface area contributed by atoms with Gasteiger partial charge in [-0.25, -0.2) is 9.80 Å². The highest BCUT2D eigenvalue weighted by molar-refractivity contribution is 5.98. The Kier molecular flexibility index (Phi) is 12.0. The number of hydrazine groups is 1. The lowest BCUT2D eigenvalue weighted by atomic mass is 9.80. The second-order valence-electron chi connectivity index (χ2n) is 13.5. The van der Waals surface area contributed by atoms with Crippen molar-refractivity contribution in [1.29, 1.82) is 0 Å². The van der Waals surface area contributed by atoms with Crippen LogP contribution in [0.3, 0.4) is 0 Å². The van der Waals surface area contributed by atoms with Crippen LogP contribution >= 0.6 is 0 Å². The van der Waals surface area contributed by atoms with Crippen LogP contribution in [0.2, 0.25) is 0 Å². The fraction of sp³-hybridized carbons (Fsp3) is 0.529. The molecule has 4 N–H and O–H groups in total. The minimum absolute atomic E-state index is 0.0628. The number of H-pyrrole nitrogens is 1. The molecule has 0 spiro atoms. The summed E-state index contributed by atoms with van der Waals surface area (Å²) in [5.41, 5.74) is 4.32. The van der Waals surface area contributed by atoms with E-state index in [2.05, 4.69) is 31.4 Å². The smallest absolute Gasteiger partial charge is 0.422 e. The number of fused-ring (bicyclic) bond motifs is 1. The van der Waals surface area contributed by atoms with Gasteiger partial charge in [0.25, 0.3) is 0 Å². The Morgan fingerprint density at radius 2 is 1.78 bits per heavy atom. The maximum atomic E-state index is 13.7. The third-order valence-corrected chi connectivity index (χ3v) is 8.80. The molecule has 5 rings (SSSR count). The number of nitrogens with one attached hydrogen (secondary N) is 3. The predicted molar refractivity (Wildman–Crippen MR) is 177 cm³/mol. The van der Waals surface area contributed by atoms with Crippen LogP contribution in [0.4, 0.5) is 4.79 Å². The zero-order valence-corrected chi connectivity index (χ0v) is 28.8. The van der Waals surface area contributed by atoms with Gasteiger partial charge in [-0.2, -0.15) is 5.21 Å². The molecule has 2 aliphatic heterocycles. The van der Waals surface area contributed by atoms with Crippen LogP contribution in [-0.4, -0.2) is 107 Å². The second-order valence-corrected chi connectivity index (χ2v) is 13.5. The summed E-state index contributed by atoms with van der Waals surface area (Å²) in [5.74, 6) is -1.41. The van der Waals surface area contributed by atoms with Crippen molar-refractivity contribution in [2.24, 2.45) is 17.3 Å². The zero-order valence-electron chi connectivity index (χ0n) is 28.8. The van der Waals surface area contributed by atoms with Crippen LogP contribution in [0.25, 0.3) is 11.4 Å². The SMILES string of the molecule is COC(=O)C(C(=O)NC(Cc1ccc(OC)cc1)C(O)CN(Cc1ccc(-c2nn[nH]n2)cc1)NC(=O)OC1COC2OCCC12)C(C)(C)C. The largest absolute Gasteiger partial charge is 0.497 e. The lowest BCUT2D eigenvalue weighted by Gasteiger charge is -2.33. The molecule has 0 aliphatic carbocycles. The van der Waals surface area contributed by atoms with Crippen molar-refractivity contribution < 1.29 is 43.2 Å². The molecule has 6 atom stereocenters. The number of aliphatic hydroxyl groups excluding tert-OH is 1. The predicted octanol–water partition coefficient (Wildman–Crippen LogP) is 2.00. The van der Waals surface area contributed by atoms with E-state index in [1.165, 1.54) is 12.1 Å². The van der Waals surface area contributed by atoms with Gasteiger partial charge in [0.15, 0.2) is 6.29 Å². The highest BCUT2D eigenvalue weighted by Crippen LogP contribution is 2.33. The number of carbonyl (C=O) groups is 3. The molecule has 0 radical (unpaired) electrons. The number of carbonyl (C=O) groups excluding carboxylic acids is 3. The van der Waals surface area contributed by atoms with Crippen molar-refractivity contribution in [2.45, 2.75) is 64.7 Å². The highest BCUT2D eigenvalue weighted by atomic mass is 16.7. The summed E-state index contributed by atoms with van der Waals surface area (Å²) < 4.78 is 27.2. The monoisotopic (exact) mass is 695 g/mol. The van der Waals surface area contributed by atoms with Crippen molar-refractivity contribution >= 4 is 18.0 Å². The molecule has 16 nitrogen and oxygen atoms in total. The minimum Gasteiger partial charge on any atom is -0.497 e. The Bertz CT molecular complexity index is 1570. The number of hydrogen-bond donors (Lipinski definition) is 4. The molecule has 0 bridgehead atoms. The summed E-state index contributed by atoms with van der Waals surface area (Å²) in [7, 11) is 2.79. The first-order chi connectivity index (χ1) is 23.9. The third-order valence-electron chi connectivity index (χ3n) is 8.80. The standard InChI is InChI=1S/C34H45N7O9/c1-34(2,3)28(31(44)47-5)30(43)35-25(16-20-8-12-23(46-4)13-9-20)26(42)18-41(17-21-6-10-22(11-7-21)29-36-39-40-37-29)38-33(45)50-27-19-49-32-24(27)14-15-48-32/h6-13,24-28,32,42H,14-19H2,1-5H3,(H,35,43)(H,38,45)(H,36,37,39,40). The maximum absolute atomic E-state index is 13.7. The van der Waals surface area contributed by atoms with Crippen LogP contribution in [0, 0.1) is 17.3 Å². The van der Waals surface area contributed by atoms with E-state index in [1.807, 2.05) is 36.4 Å². The quantitative estimate of drug-likeness (QED) is 0.109. The van der Waals surface area contributed by atoms with Gasteiger partial charge in [-0.15, -0.1) is 10.2 Å². The average Bonchev–Trinajstić information content (AvgIpc) is 3.86. The number of benzene rings is 2. The molecule has 16 heteroatoms. The lowest BCUT2D eigenvalue weighted by Crippen LogP contribution is -2.55. The zero-order chi connectivity index (χ0) is 35.8. The van der Waals surface area contributed by atoms with Gasteiger partial charge in [-0.3, -0.25) is 15.0 Å². The van der Waals surface area contributed by atoms with Crippen LogP contribution in [0.5, 0.6) is 5.75 Å². The number of aromatic nitrogens is 4. The fourth-order valence-electron chi connectivity index (χ4n) is 6.14. The molecule has 270 valence electrons. The van der Waals surface area contributed by atoms with Gasteiger partial charge in [-0.05, 0) is 46.7 Å². The summed E-state index contributed by atoms with van der Waals surface area (Å²) >= 11 is 0. The molecule has 50 heavy (non-hydrogen) atoms. The topological polar surface area (TPSA) is 199 Å². The van der Waals surface area contributed by atoms with Crippen LogP contribution in [-0.2, 0) is 41.5 Å². The molecule has 2 aliphatic rings. The van der Waals surface area contributed by atoms with E-state index < -0.39 is 53.8 Å². The second kappa shape index (κ2) is 16.4. The lowest BCUT2D eigenvalue weighted by molar-refractivity contribution is -0.155. The summed E-state index contributed by atoms with van der Waals surface area (Å²) in [6, 6.07) is 13.6. The molecule has 3 heterocycles. The summed E-state index contributed by atoms with van der Waals surface area (Å²) in [6.07, 6.45) is -1.93. The molecule has 2 saturated heterocycles. The molecule has 2 aromatic carbocycles. The van der Waals surface area contributed by atoms with Crippen LogP contribution < -0.4 is 15.5 Å². The maximum Gasteiger partial charge on any atom is 0.422 e. The van der Waals surface area contributed by atoms with E-state index in [0.717, 1.165) is 16.7 Å². The Morgan fingerprint density at radius 3 is 2.42 bits per heavy atom. The normalized spacial score (nSPS) is 20.4. The highest BCUT2D eigenvalue weighted by Gasteiger charge is 2.44. The van der Waals surface area contributed by atoms with Gasteiger partial charge in [-0.1, -0.05) is 57.2 Å². The van der Waals surface area contributed by atoms with Gasteiger partial charge in [0.05, 0.1) is 45.5 Å². The molecule has 0 saturated carbocycles. The van der Waals surface area contributed by atoms with Crippen molar-refractivity contribution in [1.82, 2.24) is 36.4 Å². The first kappa shape index (κ1) is 36.6. The summed E-state index contributed by atoms with van der Waals surface area (Å²) in [5, 5.41) is 30.2. The number of esters is 1. The minimum atomic E-state index is -1.24. The van der Waals surface area contributed by atoms with E-state index in [-0.39, 0.29) is 32.0 Å². The Morgan fingerprint density at radius 1 is 1.06 bits per heavy atom. The number of rotatable bonds is 14. The molecule has 1 aromatic heterocycles. The third kappa shape index (κ3) is 9.32. The number of ether oxygens (including phenoxy) is 5. The summed E-state index contributed by atoms with van der Waals surface area (Å²) in [6.45, 7) is 6.07. The fourth-order valence-corrected chi connectivity index (χ4v) is 6.14. The number of hydrogen-bond acceptors (Lipinski definition) is 13. The van der Waals surface area contributed by atoms with Crippen molar-refractivity contribution in [3.05, 3.63) is 59.7 Å². The Labute approximate surface area is 290 Å². The molecule has 2 fully saturated rings. The van der Waals surface area contributed by atoms with Gasteiger partial charge >= 0.3 is 12.1 Å². The van der Waals surface area contributed by atoms with E-state index in [1.54, 1.807) is 40.0 Å². The van der Waals surface area contributed by atoms with Crippen molar-refractivity contribution in [2.75, 3.05) is 34.0 Å². The van der Waals surface area contributed by atoms with Crippen molar-refractivity contribution in [3.8, 4) is 17.1 Å². The average molecular weight is 696 g/mol. The van der Waals surface area contributed by atoms with Gasteiger partial charge in [0.2, 0.25) is 11.7 Å². The number of aliphatic hydroxyl groups is 1. The molecule has 2 amide bonds. The van der Waals surface area contributed by atoms with Gasteiger partial charge < -0.3 is 34.1 Å². The van der Waals surface area contributed by atoms with E-state index in [9.17, 15) is 19.5 Å². The summed E-state index contributed by atoms with van der Waals surface area (Å²) in [4.78, 5) is 39.7. The molecule has 3 aromatic rings.